The van der Waals surface area contributed by atoms with Crippen LogP contribution in [0.3, 0.4) is 0 Å². The Morgan fingerprint density at radius 1 is 1.07 bits per heavy atom. The minimum absolute atomic E-state index is 0.0956. The van der Waals surface area contributed by atoms with Crippen molar-refractivity contribution < 1.29 is 23.7 Å². The molecule has 1 amide bonds. The van der Waals surface area contributed by atoms with Crippen molar-refractivity contribution >= 4 is 5.91 Å². The van der Waals surface area contributed by atoms with E-state index < -0.39 is 5.79 Å². The largest absolute Gasteiger partial charge is 0.493 e. The Morgan fingerprint density at radius 2 is 1.82 bits per heavy atom. The van der Waals surface area contributed by atoms with E-state index in [1.165, 1.54) is 0 Å². The highest BCUT2D eigenvalue weighted by molar-refractivity contribution is 5.79. The topological polar surface area (TPSA) is 57.2 Å². The van der Waals surface area contributed by atoms with Gasteiger partial charge in [-0.2, -0.15) is 0 Å². The van der Waals surface area contributed by atoms with Crippen LogP contribution in [0.4, 0.5) is 0 Å². The van der Waals surface area contributed by atoms with Crippen LogP contribution in [0.2, 0.25) is 0 Å². The molecule has 28 heavy (non-hydrogen) atoms. The van der Waals surface area contributed by atoms with E-state index in [1.54, 1.807) is 14.2 Å². The number of methoxy groups -OCH3 is 2. The first kappa shape index (κ1) is 18.6. The number of carbonyl (C=O) groups excluding carboxylic acids is 1. The van der Waals surface area contributed by atoms with Gasteiger partial charge in [0.2, 0.25) is 11.7 Å². The summed E-state index contributed by atoms with van der Waals surface area (Å²) >= 11 is 0. The van der Waals surface area contributed by atoms with E-state index in [-0.39, 0.29) is 5.91 Å². The Hall–Kier alpha value is -2.73. The minimum Gasteiger partial charge on any atom is -0.493 e. The first-order valence-electron chi connectivity index (χ1n) is 9.52. The molecule has 148 valence electrons. The predicted molar refractivity (Wildman–Crippen MR) is 104 cm³/mol. The number of hydrogen-bond donors (Lipinski definition) is 0. The van der Waals surface area contributed by atoms with E-state index >= 15 is 0 Å². The van der Waals surface area contributed by atoms with Gasteiger partial charge in [-0.15, -0.1) is 0 Å². The summed E-state index contributed by atoms with van der Waals surface area (Å²) in [6, 6.07) is 13.5. The molecule has 1 spiro atoms. The number of rotatable bonds is 4. The van der Waals surface area contributed by atoms with Gasteiger partial charge in [-0.25, -0.2) is 0 Å². The Balaban J connectivity index is 1.37. The molecule has 0 N–H and O–H groups in total. The molecule has 6 heteroatoms. The Morgan fingerprint density at radius 3 is 2.57 bits per heavy atom. The number of benzene rings is 2. The minimum atomic E-state index is -0.617. The maximum absolute atomic E-state index is 12.8. The molecule has 0 aromatic heterocycles. The summed E-state index contributed by atoms with van der Waals surface area (Å²) in [5.41, 5.74) is 1.97. The lowest BCUT2D eigenvalue weighted by Gasteiger charge is -2.44. The summed E-state index contributed by atoms with van der Waals surface area (Å²) in [5.74, 6) is 1.66. The highest BCUT2D eigenvalue weighted by Gasteiger charge is 2.41. The van der Waals surface area contributed by atoms with Crippen LogP contribution in [0.15, 0.2) is 42.5 Å². The average molecular weight is 383 g/mol. The molecule has 2 aliphatic rings. The fraction of sp³-hybridized carbons (Fsp3) is 0.409. The van der Waals surface area contributed by atoms with E-state index in [4.69, 9.17) is 18.9 Å². The number of para-hydroxylation sites is 1. The second-order valence-electron chi connectivity index (χ2n) is 7.16. The van der Waals surface area contributed by atoms with Crippen LogP contribution in [-0.2, 0) is 22.6 Å². The summed E-state index contributed by atoms with van der Waals surface area (Å²) in [5, 5.41) is 0. The number of nitrogens with zero attached hydrogens (tertiary/aromatic N) is 1. The van der Waals surface area contributed by atoms with Crippen LogP contribution < -0.4 is 14.2 Å². The van der Waals surface area contributed by atoms with Crippen molar-refractivity contribution in [3.05, 3.63) is 53.6 Å². The van der Waals surface area contributed by atoms with Gasteiger partial charge in [0.15, 0.2) is 11.5 Å². The van der Waals surface area contributed by atoms with Crippen LogP contribution in [0.5, 0.6) is 17.2 Å². The SMILES string of the molecule is COc1ccc(CC(=O)N2CCC3(CC2)OCc2ccccc2O3)cc1OC. The molecular weight excluding hydrogens is 358 g/mol. The van der Waals surface area contributed by atoms with Gasteiger partial charge >= 0.3 is 0 Å². The predicted octanol–water partition coefficient (Wildman–Crippen LogP) is 3.17. The number of hydrogen-bond acceptors (Lipinski definition) is 5. The summed E-state index contributed by atoms with van der Waals surface area (Å²) in [6.07, 6.45) is 1.66. The fourth-order valence-corrected chi connectivity index (χ4v) is 3.78. The normalized spacial score (nSPS) is 17.6. The molecule has 6 nitrogen and oxygen atoms in total. The van der Waals surface area contributed by atoms with Gasteiger partial charge in [0.1, 0.15) is 5.75 Å². The molecule has 0 atom stereocenters. The molecule has 4 rings (SSSR count). The van der Waals surface area contributed by atoms with Crippen molar-refractivity contribution in [1.82, 2.24) is 4.90 Å². The van der Waals surface area contributed by atoms with Gasteiger partial charge in [0, 0.05) is 31.5 Å². The van der Waals surface area contributed by atoms with Crippen LogP contribution in [0.1, 0.15) is 24.0 Å². The molecule has 1 fully saturated rings. The number of ether oxygens (including phenoxy) is 4. The van der Waals surface area contributed by atoms with Crippen LogP contribution >= 0.6 is 0 Å². The average Bonchev–Trinajstić information content (AvgIpc) is 2.74. The quantitative estimate of drug-likeness (QED) is 0.812. The Bertz CT molecular complexity index is 858. The van der Waals surface area contributed by atoms with E-state index in [0.29, 0.717) is 50.5 Å². The van der Waals surface area contributed by atoms with Crippen molar-refractivity contribution in [2.24, 2.45) is 0 Å². The lowest BCUT2D eigenvalue weighted by molar-refractivity contribution is -0.227. The van der Waals surface area contributed by atoms with Gasteiger partial charge in [-0.1, -0.05) is 24.3 Å². The van der Waals surface area contributed by atoms with Crippen LogP contribution in [0.25, 0.3) is 0 Å². The number of amides is 1. The standard InChI is InChI=1S/C22H25NO5/c1-25-19-8-7-16(13-20(19)26-2)14-21(24)23-11-9-22(10-12-23)27-15-17-5-3-4-6-18(17)28-22/h3-8,13H,9-12,14-15H2,1-2H3. The number of likely N-dealkylation sites (tertiary alicyclic amines) is 1. The zero-order valence-electron chi connectivity index (χ0n) is 16.3. The molecular formula is C22H25NO5. The van der Waals surface area contributed by atoms with E-state index in [9.17, 15) is 4.79 Å². The molecule has 0 aliphatic carbocycles. The number of carbonyl (C=O) groups is 1. The highest BCUT2D eigenvalue weighted by atomic mass is 16.7. The van der Waals surface area contributed by atoms with Crippen molar-refractivity contribution in [3.8, 4) is 17.2 Å². The van der Waals surface area contributed by atoms with Crippen LogP contribution in [0, 0.1) is 0 Å². The van der Waals surface area contributed by atoms with Gasteiger partial charge in [0.05, 0.1) is 27.2 Å². The third-order valence-corrected chi connectivity index (χ3v) is 5.44. The van der Waals surface area contributed by atoms with E-state index in [2.05, 4.69) is 0 Å². The second kappa shape index (κ2) is 7.72. The Kier molecular flexibility index (Phi) is 5.13. The second-order valence-corrected chi connectivity index (χ2v) is 7.16. The molecule has 2 heterocycles. The summed E-state index contributed by atoms with van der Waals surface area (Å²) in [7, 11) is 3.19. The Labute approximate surface area is 165 Å². The zero-order chi connectivity index (χ0) is 19.6. The molecule has 1 saturated heterocycles. The third kappa shape index (κ3) is 3.64. The highest BCUT2D eigenvalue weighted by Crippen LogP contribution is 2.37. The summed E-state index contributed by atoms with van der Waals surface area (Å²) in [4.78, 5) is 14.6. The van der Waals surface area contributed by atoms with Crippen molar-refractivity contribution in [2.75, 3.05) is 27.3 Å². The molecule has 0 bridgehead atoms. The smallest absolute Gasteiger partial charge is 0.226 e. The van der Waals surface area contributed by atoms with Gasteiger partial charge in [-0.3, -0.25) is 4.79 Å². The fourth-order valence-electron chi connectivity index (χ4n) is 3.78. The van der Waals surface area contributed by atoms with Crippen molar-refractivity contribution in [2.45, 2.75) is 31.7 Å². The molecule has 0 radical (unpaired) electrons. The zero-order valence-corrected chi connectivity index (χ0v) is 16.3. The number of piperidine rings is 1. The first-order valence-corrected chi connectivity index (χ1v) is 9.52. The lowest BCUT2D eigenvalue weighted by atomic mass is 10.0. The molecule has 2 aliphatic heterocycles. The molecule has 2 aromatic rings. The molecule has 2 aromatic carbocycles. The lowest BCUT2D eigenvalue weighted by Crippen LogP contribution is -2.52. The third-order valence-electron chi connectivity index (χ3n) is 5.44. The maximum Gasteiger partial charge on any atom is 0.226 e. The van der Waals surface area contributed by atoms with Crippen LogP contribution in [-0.4, -0.2) is 43.9 Å². The number of fused-ring (bicyclic) bond motifs is 1. The van der Waals surface area contributed by atoms with E-state index in [1.807, 2.05) is 47.4 Å². The summed E-state index contributed by atoms with van der Waals surface area (Å²) in [6.45, 7) is 1.79. The van der Waals surface area contributed by atoms with E-state index in [0.717, 1.165) is 16.9 Å². The maximum atomic E-state index is 12.8. The monoisotopic (exact) mass is 383 g/mol. The first-order chi connectivity index (χ1) is 13.6. The van der Waals surface area contributed by atoms with Crippen molar-refractivity contribution in [3.63, 3.8) is 0 Å². The summed E-state index contributed by atoms with van der Waals surface area (Å²) < 4.78 is 22.8. The van der Waals surface area contributed by atoms with Gasteiger partial charge in [0.25, 0.3) is 0 Å². The van der Waals surface area contributed by atoms with Gasteiger partial charge < -0.3 is 23.8 Å². The molecule has 0 unspecified atom stereocenters. The van der Waals surface area contributed by atoms with Crippen molar-refractivity contribution in [1.29, 1.82) is 0 Å². The molecule has 0 saturated carbocycles. The van der Waals surface area contributed by atoms with Gasteiger partial charge in [-0.05, 0) is 23.8 Å².